The van der Waals surface area contributed by atoms with Crippen molar-refractivity contribution in [1.29, 1.82) is 0 Å². The Labute approximate surface area is 772 Å². The second-order valence-electron chi connectivity index (χ2n) is 31.2. The highest BCUT2D eigenvalue weighted by Gasteiger charge is 2.36. The van der Waals surface area contributed by atoms with Gasteiger partial charge in [-0.1, -0.05) is 130 Å². The van der Waals surface area contributed by atoms with Gasteiger partial charge >= 0.3 is 0 Å². The molecular formula is C96H100Br2ClNO10S10. The Hall–Kier alpha value is -5.64. The van der Waals surface area contributed by atoms with Crippen LogP contribution in [-0.2, 0) is 0 Å². The lowest BCUT2D eigenvalue weighted by molar-refractivity contribution is 0.0958. The van der Waals surface area contributed by atoms with Gasteiger partial charge in [0, 0.05) is 217 Å². The molecule has 9 aliphatic heterocycles. The third-order valence-corrected chi connectivity index (χ3v) is 34.0. The van der Waals surface area contributed by atoms with Crippen molar-refractivity contribution in [1.82, 2.24) is 0 Å². The smallest absolute Gasteiger partial charge is 0.178 e. The number of alkyl halides is 2. The number of methoxy groups -OCH3 is 1. The minimum Gasteiger partial charge on any atom is -0.497 e. The number of rotatable bonds is 3. The summed E-state index contributed by atoms with van der Waals surface area (Å²) in [7, 11) is 5.66. The molecule has 11 nitrogen and oxygen atoms in total. The highest BCUT2D eigenvalue weighted by atomic mass is 79.9. The van der Waals surface area contributed by atoms with E-state index in [4.69, 9.17) is 16.3 Å². The number of ether oxygens (including phenoxy) is 1. The van der Waals surface area contributed by atoms with Crippen LogP contribution >= 0.6 is 161 Å². The van der Waals surface area contributed by atoms with Crippen molar-refractivity contribution < 1.29 is 47.9 Å². The van der Waals surface area contributed by atoms with Gasteiger partial charge in [-0.3, -0.25) is 43.2 Å². The molecule has 9 aromatic rings. The number of aryl methyl sites for hydroxylation is 4. The molecule has 0 amide bonds. The van der Waals surface area contributed by atoms with Crippen molar-refractivity contribution >= 4 is 219 Å². The van der Waals surface area contributed by atoms with Crippen LogP contribution in [0.2, 0.25) is 5.02 Å². The maximum atomic E-state index is 12.0. The van der Waals surface area contributed by atoms with Crippen LogP contribution in [0.4, 0.5) is 5.69 Å². The molecule has 0 aromatic heterocycles. The fourth-order valence-corrected chi connectivity index (χ4v) is 25.8. The third-order valence-electron chi connectivity index (χ3n) is 19.9. The molecule has 9 aliphatic rings. The number of Topliss-reactive ketones (excluding diaryl/α,β-unsaturated/α-hetero) is 9. The van der Waals surface area contributed by atoms with Gasteiger partial charge in [0.1, 0.15) is 5.75 Å². The van der Waals surface area contributed by atoms with Crippen molar-refractivity contribution in [3.63, 3.8) is 0 Å². The van der Waals surface area contributed by atoms with Gasteiger partial charge in [0.2, 0.25) is 0 Å². The van der Waals surface area contributed by atoms with Gasteiger partial charge in [-0.25, -0.2) is 0 Å². The second-order valence-corrected chi connectivity index (χ2v) is 47.0. The van der Waals surface area contributed by atoms with E-state index in [9.17, 15) is 43.2 Å². The molecule has 0 spiro atoms. The lowest BCUT2D eigenvalue weighted by atomic mass is 9.95. The topological polar surface area (TPSA) is 166 Å². The van der Waals surface area contributed by atoms with Crippen LogP contribution in [0, 0.1) is 27.7 Å². The summed E-state index contributed by atoms with van der Waals surface area (Å²) in [6.45, 7) is 22.9. The fourth-order valence-electron chi connectivity index (χ4n) is 13.9. The average molecular weight is 1940 g/mol. The van der Waals surface area contributed by atoms with Gasteiger partial charge in [0.25, 0.3) is 0 Å². The Bertz CT molecular complexity index is 5290. The molecule has 5 unspecified atom stereocenters. The molecule has 0 aliphatic carbocycles. The first kappa shape index (κ1) is 96.6. The molecular weight excluding hydrogens is 1840 g/mol. The largest absolute Gasteiger partial charge is 0.497 e. The number of ketones is 9. The van der Waals surface area contributed by atoms with E-state index < -0.39 is 0 Å². The lowest BCUT2D eigenvalue weighted by Gasteiger charge is -2.30. The summed E-state index contributed by atoms with van der Waals surface area (Å²) in [5.41, 5.74) is 13.8. The zero-order valence-electron chi connectivity index (χ0n) is 70.1. The summed E-state index contributed by atoms with van der Waals surface area (Å²) in [6.07, 6.45) is 6.68. The molecule has 0 fully saturated rings. The van der Waals surface area contributed by atoms with E-state index in [0.717, 1.165) is 145 Å². The van der Waals surface area contributed by atoms with E-state index in [-0.39, 0.29) is 59.6 Å². The summed E-state index contributed by atoms with van der Waals surface area (Å²) >= 11 is 30.3. The second kappa shape index (κ2) is 44.5. The van der Waals surface area contributed by atoms with Gasteiger partial charge < -0.3 is 9.64 Å². The number of anilines is 1. The molecule has 9 heterocycles. The number of carbonyl (C=O) groups excluding carboxylic acids is 9. The van der Waals surface area contributed by atoms with E-state index in [0.29, 0.717) is 77.3 Å². The van der Waals surface area contributed by atoms with E-state index in [2.05, 4.69) is 135 Å². The molecule has 120 heavy (non-hydrogen) atoms. The number of thioether (sulfide) groups is 10. The number of fused-ring (bicyclic) bond motifs is 9. The molecule has 0 bridgehead atoms. The summed E-state index contributed by atoms with van der Waals surface area (Å²) in [4.78, 5) is 118. The minimum atomic E-state index is -0.0348. The van der Waals surface area contributed by atoms with Gasteiger partial charge in [-0.2, -0.15) is 0 Å². The number of carbonyl (C=O) groups is 9. The number of benzene rings is 9. The van der Waals surface area contributed by atoms with Crippen LogP contribution in [0.25, 0.3) is 0 Å². The SMILES string of the molecule is CC1CC(=O)c2cc(Cl)ccc2S1.CC1CC(=O)c2ccccc2S1.CC1Sc2ccccc2C(=O)C1Br.CN(C)c1ccc2c(c1)SCCC2=O.COc1ccc2c(c1)SCCC2=O.CSc1ccc2c(c1)SCCC2=O.Cc1cc(C)c2c(c1)SC(C)(C)CC2=O.Cc1ccc2c(c1)C(=O)C(Br)CS2.Cc1ccc2c(c1)C(=O)CC(C)(C)S2. The molecule has 630 valence electrons. The summed E-state index contributed by atoms with van der Waals surface area (Å²) < 4.78 is 5.19. The van der Waals surface area contributed by atoms with Crippen molar-refractivity contribution in [2.75, 3.05) is 55.4 Å². The van der Waals surface area contributed by atoms with Crippen molar-refractivity contribution in [2.45, 2.75) is 205 Å². The van der Waals surface area contributed by atoms with Crippen LogP contribution < -0.4 is 9.64 Å². The first-order chi connectivity index (χ1) is 57.0. The standard InChI is InChI=1S/C13H16OS.C12H14OS.C11H13NOS.2C10H9BrOS.C10H9ClOS.C10H10O2S.C10H10OS2.C10H10OS/c1-8-5-9(2)12-10(14)7-13(3,4)15-11(12)6-8;1-8-4-5-11-9(6-8)10(13)7-12(2,3)14-11;1-12(2)8-3-4-9-10(13)5-6-14-11(9)7-8;1-6-2-3-9-7(4-6)10(12)8(11)5-13-9;1-6-9(11)10(12)7-4-2-3-5-8(7)13-6;1-6-4-9(12)8-5-7(11)2-3-10(8)13-6;2*1-12-7-2-3-8-9(11)4-5-13-10(8)6-7;1-7-6-9(11)8-4-2-3-5-10(8)12-7/h5-6H,7H2,1-4H3;4-6H,7H2,1-3H3;3-4,7H,5-6H2,1-2H3;2-4,8H,5H2,1H3;2-6,9H,1H3;2-3,5-6H,4H2,1H3;2*2-3,6H,4-5H2,1H3;2-5,7H,6H2,1H3. The van der Waals surface area contributed by atoms with Crippen LogP contribution in [0.5, 0.6) is 5.75 Å². The molecule has 24 heteroatoms. The van der Waals surface area contributed by atoms with E-state index >= 15 is 0 Å². The molecule has 5 atom stereocenters. The van der Waals surface area contributed by atoms with Crippen LogP contribution in [-0.4, -0.2) is 137 Å². The maximum absolute atomic E-state index is 12.0. The predicted octanol–water partition coefficient (Wildman–Crippen LogP) is 27.4. The van der Waals surface area contributed by atoms with Gasteiger partial charge in [0.05, 0.1) is 16.8 Å². The highest BCUT2D eigenvalue weighted by Crippen LogP contribution is 2.47. The quantitative estimate of drug-likeness (QED) is 0.121. The predicted molar refractivity (Wildman–Crippen MR) is 520 cm³/mol. The van der Waals surface area contributed by atoms with Gasteiger partial charge in [-0.15, -0.1) is 118 Å². The molecule has 0 radical (unpaired) electrons. The van der Waals surface area contributed by atoms with Crippen molar-refractivity contribution in [3.8, 4) is 5.75 Å². The number of nitrogens with zero attached hydrogens (tertiary/aromatic N) is 1. The maximum Gasteiger partial charge on any atom is 0.178 e. The molecule has 0 N–H and O–H groups in total. The summed E-state index contributed by atoms with van der Waals surface area (Å²) in [5.74, 6) is 6.74. The zero-order valence-corrected chi connectivity index (χ0v) is 82.2. The Balaban J connectivity index is 0.000000142. The summed E-state index contributed by atoms with van der Waals surface area (Å²) in [6, 6.07) is 55.3. The van der Waals surface area contributed by atoms with Crippen LogP contribution in [0.3, 0.4) is 0 Å². The monoisotopic (exact) mass is 1940 g/mol. The third kappa shape index (κ3) is 26.5. The first-order valence-corrected chi connectivity index (χ1v) is 51.1. The zero-order chi connectivity index (χ0) is 87.0. The minimum absolute atomic E-state index is 0.00759. The number of hydrogen-bond acceptors (Lipinski definition) is 21. The molecule has 18 rings (SSSR count). The average Bonchev–Trinajstić information content (AvgIpc) is 0.789. The lowest BCUT2D eigenvalue weighted by Crippen LogP contribution is -2.28. The molecule has 0 saturated carbocycles. The Morgan fingerprint density at radius 2 is 0.917 bits per heavy atom. The molecule has 0 saturated heterocycles. The van der Waals surface area contributed by atoms with Gasteiger partial charge in [0.15, 0.2) is 52.0 Å². The normalized spacial score (nSPS) is 19.5. The van der Waals surface area contributed by atoms with Crippen molar-refractivity contribution in [2.24, 2.45) is 0 Å². The Morgan fingerprint density at radius 3 is 1.51 bits per heavy atom. The first-order valence-electron chi connectivity index (χ1n) is 39.4. The van der Waals surface area contributed by atoms with E-state index in [1.54, 1.807) is 119 Å². The number of halogens is 3. The summed E-state index contributed by atoms with van der Waals surface area (Å²) in [5, 5.41) is 1.79. The van der Waals surface area contributed by atoms with Gasteiger partial charge in [-0.05, 0) is 188 Å². The van der Waals surface area contributed by atoms with Crippen LogP contribution in [0.15, 0.2) is 219 Å². The fraction of sp³-hybridized carbons (Fsp3) is 0.344. The van der Waals surface area contributed by atoms with E-state index in [1.165, 1.54) is 10.5 Å². The molecule has 9 aromatic carbocycles. The Kier molecular flexibility index (Phi) is 35.8. The Morgan fingerprint density at radius 1 is 0.433 bits per heavy atom. The number of hydrogen-bond donors (Lipinski definition) is 0. The highest BCUT2D eigenvalue weighted by molar-refractivity contribution is 9.10. The van der Waals surface area contributed by atoms with Crippen molar-refractivity contribution in [3.05, 3.63) is 247 Å². The van der Waals surface area contributed by atoms with E-state index in [1.807, 2.05) is 174 Å². The van der Waals surface area contributed by atoms with Crippen LogP contribution in [0.1, 0.15) is 209 Å².